The minimum atomic E-state index is -0.561. The first-order valence-corrected chi connectivity index (χ1v) is 6.61. The van der Waals surface area contributed by atoms with Crippen LogP contribution in [0.1, 0.15) is 0 Å². The second-order valence-corrected chi connectivity index (χ2v) is 5.01. The quantitative estimate of drug-likeness (QED) is 0.734. The molecule has 8 heteroatoms. The lowest BCUT2D eigenvalue weighted by molar-refractivity contribution is 0.625. The molecule has 0 aliphatic rings. The van der Waals surface area contributed by atoms with Crippen LogP contribution in [0.5, 0.6) is 0 Å². The molecule has 0 aliphatic carbocycles. The average Bonchev–Trinajstić information content (AvgIpc) is 2.94. The van der Waals surface area contributed by atoms with Gasteiger partial charge in [-0.15, -0.1) is 5.10 Å². The molecule has 0 aliphatic heterocycles. The Morgan fingerprint density at radius 1 is 1.14 bits per heavy atom. The molecule has 0 amide bonds. The number of hydrogen-bond acceptors (Lipinski definition) is 4. The molecule has 2 aromatic carbocycles. The lowest BCUT2D eigenvalue weighted by Crippen LogP contribution is -2.01. The predicted octanol–water partition coefficient (Wildman–Crippen LogP) is 3.36. The summed E-state index contributed by atoms with van der Waals surface area (Å²) in [5.41, 5.74) is 7.16. The Labute approximate surface area is 129 Å². The van der Waals surface area contributed by atoms with Crippen molar-refractivity contribution in [3.63, 3.8) is 0 Å². The van der Waals surface area contributed by atoms with Crippen molar-refractivity contribution in [3.8, 4) is 17.1 Å². The second kappa shape index (κ2) is 5.31. The van der Waals surface area contributed by atoms with Gasteiger partial charge in [0.2, 0.25) is 0 Å². The van der Waals surface area contributed by atoms with Gasteiger partial charge in [-0.05, 0) is 34.7 Å². The van der Waals surface area contributed by atoms with Crippen molar-refractivity contribution in [2.24, 2.45) is 0 Å². The van der Waals surface area contributed by atoms with E-state index in [1.807, 2.05) is 0 Å². The van der Waals surface area contributed by atoms with Gasteiger partial charge >= 0.3 is 0 Å². The Kier molecular flexibility index (Phi) is 3.48. The standard InChI is InChI=1S/C13H8Cl2FN5/c14-9-5-4-7(6-10(9)16)21-13(18-19-20-21)8-2-1-3-11(17)12(8)15/h1-6H,17H2. The van der Waals surface area contributed by atoms with E-state index in [0.717, 1.165) is 0 Å². The number of halogens is 3. The van der Waals surface area contributed by atoms with Gasteiger partial charge in [0.15, 0.2) is 5.82 Å². The van der Waals surface area contributed by atoms with Gasteiger partial charge in [-0.25, -0.2) is 4.39 Å². The van der Waals surface area contributed by atoms with Crippen LogP contribution in [-0.4, -0.2) is 20.2 Å². The highest BCUT2D eigenvalue weighted by molar-refractivity contribution is 6.35. The molecule has 0 fully saturated rings. The summed E-state index contributed by atoms with van der Waals surface area (Å²) in [7, 11) is 0. The van der Waals surface area contributed by atoms with Crippen LogP contribution in [0, 0.1) is 5.82 Å². The van der Waals surface area contributed by atoms with E-state index in [0.29, 0.717) is 27.8 Å². The number of nitrogens with two attached hydrogens (primary N) is 1. The topological polar surface area (TPSA) is 69.6 Å². The number of tetrazole rings is 1. The number of anilines is 1. The van der Waals surface area contributed by atoms with Crippen LogP contribution < -0.4 is 5.73 Å². The van der Waals surface area contributed by atoms with Crippen molar-refractivity contribution in [1.82, 2.24) is 20.2 Å². The molecule has 0 saturated heterocycles. The van der Waals surface area contributed by atoms with E-state index in [9.17, 15) is 4.39 Å². The molecule has 1 heterocycles. The van der Waals surface area contributed by atoms with Crippen LogP contribution in [0.15, 0.2) is 36.4 Å². The summed E-state index contributed by atoms with van der Waals surface area (Å²) in [5, 5.41) is 11.7. The third-order valence-corrected chi connectivity index (χ3v) is 3.62. The number of aromatic nitrogens is 4. The smallest absolute Gasteiger partial charge is 0.188 e. The lowest BCUT2D eigenvalue weighted by Gasteiger charge is -2.08. The predicted molar refractivity (Wildman–Crippen MR) is 79.0 cm³/mol. The fourth-order valence-electron chi connectivity index (χ4n) is 1.87. The molecule has 0 unspecified atom stereocenters. The maximum Gasteiger partial charge on any atom is 0.188 e. The summed E-state index contributed by atoms with van der Waals surface area (Å²) in [5.74, 6) is -0.205. The Hall–Kier alpha value is -2.18. The molecule has 2 N–H and O–H groups in total. The van der Waals surface area contributed by atoms with E-state index >= 15 is 0 Å². The molecule has 0 saturated carbocycles. The van der Waals surface area contributed by atoms with E-state index in [4.69, 9.17) is 28.9 Å². The highest BCUT2D eigenvalue weighted by Gasteiger charge is 2.16. The minimum absolute atomic E-state index is 0.0235. The zero-order valence-corrected chi connectivity index (χ0v) is 12.0. The first kappa shape index (κ1) is 13.8. The molecule has 3 rings (SSSR count). The first-order valence-electron chi connectivity index (χ1n) is 5.86. The molecule has 0 radical (unpaired) electrons. The fraction of sp³-hybridized carbons (Fsp3) is 0. The Morgan fingerprint density at radius 2 is 1.95 bits per heavy atom. The van der Waals surface area contributed by atoms with Gasteiger partial charge in [0, 0.05) is 11.6 Å². The van der Waals surface area contributed by atoms with Gasteiger partial charge in [-0.2, -0.15) is 4.68 Å². The number of benzene rings is 2. The number of nitrogens with zero attached hydrogens (tertiary/aromatic N) is 4. The Bertz CT molecular complexity index is 818. The van der Waals surface area contributed by atoms with Crippen LogP contribution in [0.4, 0.5) is 10.1 Å². The summed E-state index contributed by atoms with van der Waals surface area (Å²) >= 11 is 11.8. The van der Waals surface area contributed by atoms with E-state index in [-0.39, 0.29) is 5.02 Å². The zero-order chi connectivity index (χ0) is 15.0. The lowest BCUT2D eigenvalue weighted by atomic mass is 10.2. The van der Waals surface area contributed by atoms with Crippen LogP contribution in [0.2, 0.25) is 10.0 Å². The van der Waals surface area contributed by atoms with Crippen LogP contribution >= 0.6 is 23.2 Å². The van der Waals surface area contributed by atoms with Gasteiger partial charge in [0.1, 0.15) is 5.82 Å². The molecule has 0 atom stereocenters. The van der Waals surface area contributed by atoms with Crippen molar-refractivity contribution >= 4 is 28.9 Å². The zero-order valence-electron chi connectivity index (χ0n) is 10.5. The van der Waals surface area contributed by atoms with Crippen molar-refractivity contribution < 1.29 is 4.39 Å². The van der Waals surface area contributed by atoms with Crippen LogP contribution in [-0.2, 0) is 0 Å². The maximum absolute atomic E-state index is 13.6. The van der Waals surface area contributed by atoms with Crippen molar-refractivity contribution in [2.45, 2.75) is 0 Å². The summed E-state index contributed by atoms with van der Waals surface area (Å²) in [6.45, 7) is 0. The van der Waals surface area contributed by atoms with Crippen molar-refractivity contribution in [2.75, 3.05) is 5.73 Å². The molecule has 5 nitrogen and oxygen atoms in total. The van der Waals surface area contributed by atoms with Crippen molar-refractivity contribution in [3.05, 3.63) is 52.3 Å². The highest BCUT2D eigenvalue weighted by atomic mass is 35.5. The summed E-state index contributed by atoms with van der Waals surface area (Å²) in [6, 6.07) is 9.40. The third kappa shape index (κ3) is 2.43. The van der Waals surface area contributed by atoms with Gasteiger partial charge in [0.05, 0.1) is 21.4 Å². The third-order valence-electron chi connectivity index (χ3n) is 2.89. The summed E-state index contributed by atoms with van der Waals surface area (Å²) in [4.78, 5) is 0. The molecule has 3 aromatic rings. The van der Waals surface area contributed by atoms with Gasteiger partial charge in [-0.1, -0.05) is 29.3 Å². The summed E-state index contributed by atoms with van der Waals surface area (Å²) < 4.78 is 14.9. The van der Waals surface area contributed by atoms with E-state index in [1.54, 1.807) is 24.3 Å². The molecule has 0 spiro atoms. The van der Waals surface area contributed by atoms with Gasteiger partial charge in [-0.3, -0.25) is 0 Å². The molecule has 21 heavy (non-hydrogen) atoms. The van der Waals surface area contributed by atoms with Crippen LogP contribution in [0.25, 0.3) is 17.1 Å². The fourth-order valence-corrected chi connectivity index (χ4v) is 2.20. The first-order chi connectivity index (χ1) is 10.1. The normalized spacial score (nSPS) is 10.8. The average molecular weight is 324 g/mol. The minimum Gasteiger partial charge on any atom is -0.398 e. The molecular formula is C13H8Cl2FN5. The monoisotopic (exact) mass is 323 g/mol. The van der Waals surface area contributed by atoms with Gasteiger partial charge in [0.25, 0.3) is 0 Å². The SMILES string of the molecule is Nc1cccc(-c2nnnn2-c2ccc(Cl)c(F)c2)c1Cl. The Morgan fingerprint density at radius 3 is 2.71 bits per heavy atom. The molecule has 1 aromatic heterocycles. The second-order valence-electron chi connectivity index (χ2n) is 4.22. The molecule has 0 bridgehead atoms. The van der Waals surface area contributed by atoms with Crippen LogP contribution in [0.3, 0.4) is 0 Å². The van der Waals surface area contributed by atoms with Gasteiger partial charge < -0.3 is 5.73 Å². The molecular weight excluding hydrogens is 316 g/mol. The maximum atomic E-state index is 13.6. The van der Waals surface area contributed by atoms with Crippen molar-refractivity contribution in [1.29, 1.82) is 0 Å². The number of hydrogen-bond donors (Lipinski definition) is 1. The highest BCUT2D eigenvalue weighted by Crippen LogP contribution is 2.31. The number of nitrogen functional groups attached to an aromatic ring is 1. The largest absolute Gasteiger partial charge is 0.398 e. The number of rotatable bonds is 2. The Balaban J connectivity index is 2.17. The van der Waals surface area contributed by atoms with E-state index in [2.05, 4.69) is 15.5 Å². The van der Waals surface area contributed by atoms with E-state index < -0.39 is 5.82 Å². The molecule has 106 valence electrons. The summed E-state index contributed by atoms with van der Waals surface area (Å²) in [6.07, 6.45) is 0. The van der Waals surface area contributed by atoms with E-state index in [1.165, 1.54) is 16.8 Å².